The molecule has 0 radical (unpaired) electrons. The van der Waals surface area contributed by atoms with Gasteiger partial charge in [-0.1, -0.05) is 6.07 Å². The predicted molar refractivity (Wildman–Crippen MR) is 127 cm³/mol. The van der Waals surface area contributed by atoms with Crippen molar-refractivity contribution < 1.29 is 4.79 Å². The van der Waals surface area contributed by atoms with Crippen LogP contribution in [-0.2, 0) is 0 Å². The number of piperazine rings is 1. The molecule has 0 spiro atoms. The van der Waals surface area contributed by atoms with Crippen molar-refractivity contribution in [1.82, 2.24) is 19.8 Å². The second-order valence-electron chi connectivity index (χ2n) is 8.79. The van der Waals surface area contributed by atoms with Crippen LogP contribution in [-0.4, -0.2) is 59.1 Å². The minimum Gasteiger partial charge on any atom is -0.369 e. The normalized spacial score (nSPS) is 16.5. The van der Waals surface area contributed by atoms with Crippen LogP contribution in [0.2, 0.25) is 0 Å². The summed E-state index contributed by atoms with van der Waals surface area (Å²) in [6.07, 6.45) is 3.58. The number of carbonyl (C=O) groups excluding carboxylic acids is 1. The van der Waals surface area contributed by atoms with Crippen molar-refractivity contribution in [1.29, 1.82) is 5.26 Å². The lowest BCUT2D eigenvalue weighted by molar-refractivity contribution is 0.0951. The number of nitrogens with zero attached hydrogens (tertiary/aromatic N) is 5. The van der Waals surface area contributed by atoms with E-state index in [1.807, 2.05) is 31.2 Å². The van der Waals surface area contributed by atoms with E-state index in [0.29, 0.717) is 28.7 Å². The lowest BCUT2D eigenvalue weighted by Crippen LogP contribution is -2.46. The van der Waals surface area contributed by atoms with Gasteiger partial charge in [-0.15, -0.1) is 0 Å². The zero-order valence-corrected chi connectivity index (χ0v) is 18.6. The van der Waals surface area contributed by atoms with Gasteiger partial charge in [-0.25, -0.2) is 4.98 Å². The number of nitrogens with one attached hydrogen (secondary N) is 1. The van der Waals surface area contributed by atoms with Crippen LogP contribution in [0.4, 0.5) is 5.69 Å². The van der Waals surface area contributed by atoms with E-state index in [-0.39, 0.29) is 17.5 Å². The van der Waals surface area contributed by atoms with Crippen LogP contribution in [0.1, 0.15) is 28.8 Å². The van der Waals surface area contributed by atoms with Gasteiger partial charge < -0.3 is 10.2 Å². The molecule has 1 aromatic heterocycles. The second-order valence-corrected chi connectivity index (χ2v) is 8.79. The topological polar surface area (TPSA) is 94.3 Å². The minimum atomic E-state index is -0.159. The predicted octanol–water partition coefficient (Wildman–Crippen LogP) is 2.23. The SMILES string of the molecule is Cc1ccc(C(=O)NC2CC2)cc1-n1cnc2ccc(N3CCN(CC#N)CC3)cc2c1=O. The molecule has 0 bridgehead atoms. The number of anilines is 1. The molecular formula is C25H26N6O2. The smallest absolute Gasteiger partial charge is 0.265 e. The summed E-state index contributed by atoms with van der Waals surface area (Å²) in [5.41, 5.74) is 3.55. The summed E-state index contributed by atoms with van der Waals surface area (Å²) in [7, 11) is 0. The van der Waals surface area contributed by atoms with Crippen LogP contribution >= 0.6 is 0 Å². The van der Waals surface area contributed by atoms with Crippen LogP contribution in [0, 0.1) is 18.3 Å². The molecule has 2 aromatic carbocycles. The lowest BCUT2D eigenvalue weighted by atomic mass is 10.1. The Balaban J connectivity index is 1.47. The number of aryl methyl sites for hydroxylation is 1. The second kappa shape index (κ2) is 8.68. The first kappa shape index (κ1) is 21.2. The van der Waals surface area contributed by atoms with Crippen LogP contribution in [0.3, 0.4) is 0 Å². The fourth-order valence-electron chi connectivity index (χ4n) is 4.25. The number of hydrogen-bond acceptors (Lipinski definition) is 6. The van der Waals surface area contributed by atoms with Crippen molar-refractivity contribution in [2.24, 2.45) is 0 Å². The van der Waals surface area contributed by atoms with Gasteiger partial charge >= 0.3 is 0 Å². The fraction of sp³-hybridized carbons (Fsp3) is 0.360. The Hall–Kier alpha value is -3.70. The molecule has 1 saturated carbocycles. The summed E-state index contributed by atoms with van der Waals surface area (Å²) in [5, 5.41) is 12.4. The van der Waals surface area contributed by atoms with E-state index < -0.39 is 0 Å². The molecule has 0 unspecified atom stereocenters. The largest absolute Gasteiger partial charge is 0.369 e. The zero-order valence-electron chi connectivity index (χ0n) is 18.6. The van der Waals surface area contributed by atoms with Crippen molar-refractivity contribution in [2.45, 2.75) is 25.8 Å². The molecule has 2 heterocycles. The minimum absolute atomic E-state index is 0.113. The van der Waals surface area contributed by atoms with Crippen molar-refractivity contribution in [3.63, 3.8) is 0 Å². The number of aromatic nitrogens is 2. The van der Waals surface area contributed by atoms with Gasteiger partial charge in [0.1, 0.15) is 6.33 Å². The quantitative estimate of drug-likeness (QED) is 0.609. The summed E-state index contributed by atoms with van der Waals surface area (Å²) in [4.78, 5) is 34.9. The monoisotopic (exact) mass is 442 g/mol. The maximum Gasteiger partial charge on any atom is 0.265 e. The van der Waals surface area contributed by atoms with E-state index in [1.54, 1.807) is 12.1 Å². The summed E-state index contributed by atoms with van der Waals surface area (Å²) < 4.78 is 1.53. The first-order valence-corrected chi connectivity index (χ1v) is 11.3. The van der Waals surface area contributed by atoms with Crippen molar-refractivity contribution in [3.05, 3.63) is 64.2 Å². The molecule has 8 nitrogen and oxygen atoms in total. The summed E-state index contributed by atoms with van der Waals surface area (Å²) in [6, 6.07) is 13.7. The van der Waals surface area contributed by atoms with E-state index in [9.17, 15) is 9.59 Å². The average Bonchev–Trinajstić information content (AvgIpc) is 3.64. The van der Waals surface area contributed by atoms with Crippen molar-refractivity contribution >= 4 is 22.5 Å². The molecule has 1 N–H and O–H groups in total. The molecule has 5 rings (SSSR count). The number of amides is 1. The molecule has 3 aromatic rings. The van der Waals surface area contributed by atoms with Gasteiger partial charge in [0.25, 0.3) is 11.5 Å². The molecule has 1 saturated heterocycles. The molecule has 168 valence electrons. The highest BCUT2D eigenvalue weighted by Gasteiger charge is 2.24. The van der Waals surface area contributed by atoms with Crippen molar-refractivity contribution in [3.8, 4) is 11.8 Å². The number of benzene rings is 2. The van der Waals surface area contributed by atoms with Crippen molar-refractivity contribution in [2.75, 3.05) is 37.6 Å². The van der Waals surface area contributed by atoms with E-state index in [0.717, 1.165) is 50.3 Å². The summed E-state index contributed by atoms with van der Waals surface area (Å²) >= 11 is 0. The summed E-state index contributed by atoms with van der Waals surface area (Å²) in [6.45, 7) is 5.61. The van der Waals surface area contributed by atoms with Gasteiger partial charge in [-0.05, 0) is 55.7 Å². The number of fused-ring (bicyclic) bond motifs is 1. The Morgan fingerprint density at radius 2 is 1.94 bits per heavy atom. The van der Waals surface area contributed by atoms with Crippen LogP contribution in [0.15, 0.2) is 47.5 Å². The molecule has 33 heavy (non-hydrogen) atoms. The Bertz CT molecular complexity index is 1310. The molecular weight excluding hydrogens is 416 g/mol. The third-order valence-electron chi connectivity index (χ3n) is 6.42. The van der Waals surface area contributed by atoms with E-state index >= 15 is 0 Å². The maximum atomic E-state index is 13.5. The Kier molecular flexibility index (Phi) is 5.56. The third kappa shape index (κ3) is 4.32. The lowest BCUT2D eigenvalue weighted by Gasteiger charge is -2.35. The van der Waals surface area contributed by atoms with E-state index in [2.05, 4.69) is 26.2 Å². The highest BCUT2D eigenvalue weighted by atomic mass is 16.1. The average molecular weight is 443 g/mol. The Morgan fingerprint density at radius 3 is 2.67 bits per heavy atom. The number of hydrogen-bond donors (Lipinski definition) is 1. The molecule has 0 atom stereocenters. The number of carbonyl (C=O) groups is 1. The fourth-order valence-corrected chi connectivity index (χ4v) is 4.25. The van der Waals surface area contributed by atoms with E-state index in [1.165, 1.54) is 10.9 Å². The molecule has 8 heteroatoms. The van der Waals surface area contributed by atoms with Gasteiger partial charge in [0.15, 0.2) is 0 Å². The Labute approximate surface area is 192 Å². The standard InChI is InChI=1S/C25H26N6O2/c1-17-2-3-18(24(32)28-19-4-5-19)14-23(17)31-16-27-22-7-6-20(15-21(22)25(31)33)30-12-10-29(9-8-26)11-13-30/h2-3,6-7,14-16,19H,4-5,9-13H2,1H3,(H,28,32). The Morgan fingerprint density at radius 1 is 1.15 bits per heavy atom. The van der Waals surface area contributed by atoms with Gasteiger partial charge in [-0.2, -0.15) is 5.26 Å². The highest BCUT2D eigenvalue weighted by Crippen LogP contribution is 2.23. The van der Waals surface area contributed by atoms with Crippen LogP contribution < -0.4 is 15.8 Å². The molecule has 1 aliphatic carbocycles. The van der Waals surface area contributed by atoms with Gasteiger partial charge in [0.05, 0.1) is 29.2 Å². The molecule has 2 aliphatic rings. The maximum absolute atomic E-state index is 13.5. The molecule has 1 amide bonds. The van der Waals surface area contributed by atoms with Gasteiger partial charge in [-0.3, -0.25) is 19.1 Å². The highest BCUT2D eigenvalue weighted by molar-refractivity contribution is 5.95. The van der Waals surface area contributed by atoms with Crippen LogP contribution in [0.25, 0.3) is 16.6 Å². The first-order chi connectivity index (χ1) is 16.0. The number of rotatable bonds is 5. The third-order valence-corrected chi connectivity index (χ3v) is 6.42. The number of nitriles is 1. The molecule has 1 aliphatic heterocycles. The van der Waals surface area contributed by atoms with Gasteiger partial charge in [0, 0.05) is 43.5 Å². The molecule has 2 fully saturated rings. The summed E-state index contributed by atoms with van der Waals surface area (Å²) in [5.74, 6) is -0.113. The van der Waals surface area contributed by atoms with Crippen LogP contribution in [0.5, 0.6) is 0 Å². The zero-order chi connectivity index (χ0) is 22.9. The van der Waals surface area contributed by atoms with Gasteiger partial charge in [0.2, 0.25) is 0 Å². The van der Waals surface area contributed by atoms with E-state index in [4.69, 9.17) is 5.26 Å². The first-order valence-electron chi connectivity index (χ1n) is 11.3.